The SMILES string of the molecule is c1ccc(-c2nc3c(ccc4oc5cc(N(c6ccc7c(c6)sc6ccccc67)c6cccc7c8ccccc8n(-c8ccccc8)c67)ccc5c43)o2)cc1. The van der Waals surface area contributed by atoms with Gasteiger partial charge in [-0.25, -0.2) is 4.98 Å². The molecule has 0 aliphatic rings. The molecule has 0 spiro atoms. The zero-order chi connectivity index (χ0) is 36.0. The lowest BCUT2D eigenvalue weighted by Crippen LogP contribution is -2.11. The van der Waals surface area contributed by atoms with Crippen LogP contribution in [0.4, 0.5) is 17.1 Å². The quantitative estimate of drug-likeness (QED) is 0.177. The van der Waals surface area contributed by atoms with Crippen molar-refractivity contribution in [2.75, 3.05) is 4.90 Å². The van der Waals surface area contributed by atoms with Gasteiger partial charge >= 0.3 is 0 Å². The molecule has 0 fully saturated rings. The zero-order valence-corrected chi connectivity index (χ0v) is 30.1. The molecule has 0 aliphatic carbocycles. The maximum Gasteiger partial charge on any atom is 0.227 e. The smallest absolute Gasteiger partial charge is 0.227 e. The highest BCUT2D eigenvalue weighted by Crippen LogP contribution is 2.47. The first-order valence-corrected chi connectivity index (χ1v) is 19.2. The van der Waals surface area contributed by atoms with E-state index in [1.807, 2.05) is 53.8 Å². The molecule has 6 heteroatoms. The number of hydrogen-bond acceptors (Lipinski definition) is 5. The molecule has 12 aromatic rings. The van der Waals surface area contributed by atoms with Crippen molar-refractivity contribution in [1.82, 2.24) is 9.55 Å². The van der Waals surface area contributed by atoms with Crippen LogP contribution in [0.3, 0.4) is 0 Å². The van der Waals surface area contributed by atoms with Crippen LogP contribution in [0, 0.1) is 0 Å². The van der Waals surface area contributed by atoms with Gasteiger partial charge in [0.2, 0.25) is 5.89 Å². The summed E-state index contributed by atoms with van der Waals surface area (Å²) in [4.78, 5) is 7.37. The number of aromatic nitrogens is 2. The van der Waals surface area contributed by atoms with Gasteiger partial charge in [0.05, 0.1) is 22.1 Å². The fourth-order valence-corrected chi connectivity index (χ4v) is 9.53. The number of nitrogens with zero attached hydrogens (tertiary/aromatic N) is 3. The van der Waals surface area contributed by atoms with E-state index in [4.69, 9.17) is 13.8 Å². The number of hydrogen-bond donors (Lipinski definition) is 0. The fraction of sp³-hybridized carbons (Fsp3) is 0. The van der Waals surface area contributed by atoms with Crippen LogP contribution in [0.5, 0.6) is 0 Å². The van der Waals surface area contributed by atoms with Gasteiger partial charge in [0.1, 0.15) is 16.7 Å². The summed E-state index contributed by atoms with van der Waals surface area (Å²) >= 11 is 1.83. The van der Waals surface area contributed by atoms with Gasteiger partial charge in [-0.1, -0.05) is 91.0 Å². The van der Waals surface area contributed by atoms with Crippen molar-refractivity contribution >= 4 is 103 Å². The molecule has 5 nitrogen and oxygen atoms in total. The van der Waals surface area contributed by atoms with Gasteiger partial charge in [-0.05, 0) is 78.9 Å². The van der Waals surface area contributed by atoms with Gasteiger partial charge < -0.3 is 18.3 Å². The lowest BCUT2D eigenvalue weighted by Gasteiger charge is -2.27. The zero-order valence-electron chi connectivity index (χ0n) is 29.3. The van der Waals surface area contributed by atoms with E-state index >= 15 is 0 Å². The summed E-state index contributed by atoms with van der Waals surface area (Å²) in [6, 6.07) is 62.0. The van der Waals surface area contributed by atoms with E-state index in [1.54, 1.807) is 0 Å². The predicted molar refractivity (Wildman–Crippen MR) is 229 cm³/mol. The van der Waals surface area contributed by atoms with Gasteiger partial charge in [0, 0.05) is 65.0 Å². The van der Waals surface area contributed by atoms with E-state index in [9.17, 15) is 0 Å². The van der Waals surface area contributed by atoms with E-state index in [1.165, 1.54) is 30.9 Å². The molecule has 0 saturated heterocycles. The third kappa shape index (κ3) is 4.55. The Morgan fingerprint density at radius 1 is 0.491 bits per heavy atom. The Balaban J connectivity index is 1.13. The lowest BCUT2D eigenvalue weighted by molar-refractivity contribution is 0.619. The Bertz CT molecular complexity index is 3450. The van der Waals surface area contributed by atoms with Crippen LogP contribution < -0.4 is 4.90 Å². The molecule has 0 N–H and O–H groups in total. The molecule has 0 bridgehead atoms. The number of fused-ring (bicyclic) bond motifs is 11. The van der Waals surface area contributed by atoms with E-state index in [0.29, 0.717) is 5.89 Å². The molecule has 0 atom stereocenters. The molecule has 55 heavy (non-hydrogen) atoms. The first kappa shape index (κ1) is 30.3. The summed E-state index contributed by atoms with van der Waals surface area (Å²) in [6.45, 7) is 0. The Kier molecular flexibility index (Phi) is 6.44. The monoisotopic (exact) mass is 723 g/mol. The van der Waals surface area contributed by atoms with Crippen molar-refractivity contribution in [3.63, 3.8) is 0 Å². The standard InChI is InChI=1S/C49H29N3O2S/c1-3-12-30(13-4-1)49-50-47-42(54-49)27-26-41-46(47)38-25-23-32(28-43(38)53-41)51(33-22-24-36-35-17-8-10-21-44(35)55-45(36)29-33)40-20-11-18-37-34-16-7-9-19-39(34)52(48(37)40)31-14-5-2-6-15-31/h1-29H. The van der Waals surface area contributed by atoms with Crippen LogP contribution in [0.2, 0.25) is 0 Å². The van der Waals surface area contributed by atoms with Crippen molar-refractivity contribution in [2.45, 2.75) is 0 Å². The number of benzene rings is 8. The lowest BCUT2D eigenvalue weighted by atomic mass is 10.1. The average molecular weight is 724 g/mol. The Hall–Kier alpha value is -7.15. The number of furan rings is 1. The second-order valence-electron chi connectivity index (χ2n) is 13.9. The molecular formula is C49H29N3O2S. The number of oxazole rings is 1. The maximum absolute atomic E-state index is 6.67. The summed E-state index contributed by atoms with van der Waals surface area (Å²) < 4.78 is 17.9. The van der Waals surface area contributed by atoms with Crippen molar-refractivity contribution < 1.29 is 8.83 Å². The highest BCUT2D eigenvalue weighted by atomic mass is 32.1. The highest BCUT2D eigenvalue weighted by Gasteiger charge is 2.24. The van der Waals surface area contributed by atoms with Gasteiger partial charge in [-0.15, -0.1) is 11.3 Å². The minimum absolute atomic E-state index is 0.596. The topological polar surface area (TPSA) is 47.3 Å². The molecular weight excluding hydrogens is 695 g/mol. The molecule has 0 saturated carbocycles. The molecule has 0 aliphatic heterocycles. The first-order chi connectivity index (χ1) is 27.3. The minimum Gasteiger partial charge on any atom is -0.456 e. The number of para-hydroxylation sites is 3. The van der Waals surface area contributed by atoms with Crippen LogP contribution in [-0.4, -0.2) is 9.55 Å². The number of rotatable bonds is 5. The maximum atomic E-state index is 6.67. The fourth-order valence-electron chi connectivity index (χ4n) is 8.39. The van der Waals surface area contributed by atoms with E-state index in [2.05, 4.69) is 143 Å². The molecule has 8 aromatic carbocycles. The highest BCUT2D eigenvalue weighted by molar-refractivity contribution is 7.25. The number of anilines is 3. The minimum atomic E-state index is 0.596. The summed E-state index contributed by atoms with van der Waals surface area (Å²) in [6.07, 6.45) is 0. The molecule has 0 amide bonds. The van der Waals surface area contributed by atoms with Crippen LogP contribution in [-0.2, 0) is 0 Å². The largest absolute Gasteiger partial charge is 0.456 e. The van der Waals surface area contributed by atoms with Gasteiger partial charge in [-0.2, -0.15) is 0 Å². The van der Waals surface area contributed by atoms with Crippen LogP contribution in [0.1, 0.15) is 0 Å². The van der Waals surface area contributed by atoms with Crippen molar-refractivity contribution in [3.05, 3.63) is 176 Å². The van der Waals surface area contributed by atoms with Crippen molar-refractivity contribution in [1.29, 1.82) is 0 Å². The summed E-state index contributed by atoms with van der Waals surface area (Å²) in [5.41, 5.74) is 10.6. The Morgan fingerprint density at radius 2 is 1.18 bits per heavy atom. The van der Waals surface area contributed by atoms with Crippen LogP contribution in [0.25, 0.3) is 92.2 Å². The third-order valence-corrected chi connectivity index (χ3v) is 11.9. The van der Waals surface area contributed by atoms with Crippen molar-refractivity contribution in [2.24, 2.45) is 0 Å². The Labute approximate surface area is 318 Å². The van der Waals surface area contributed by atoms with Crippen LogP contribution >= 0.6 is 11.3 Å². The molecule has 258 valence electrons. The summed E-state index contributed by atoms with van der Waals surface area (Å²) in [5.74, 6) is 0.596. The Morgan fingerprint density at radius 3 is 2.05 bits per heavy atom. The molecule has 12 rings (SSSR count). The summed E-state index contributed by atoms with van der Waals surface area (Å²) in [5, 5.41) is 6.90. The van der Waals surface area contributed by atoms with Gasteiger partial charge in [0.15, 0.2) is 5.58 Å². The van der Waals surface area contributed by atoms with Gasteiger partial charge in [-0.3, -0.25) is 0 Å². The molecule has 4 heterocycles. The van der Waals surface area contributed by atoms with E-state index in [-0.39, 0.29) is 0 Å². The predicted octanol–water partition coefficient (Wildman–Crippen LogP) is 14.3. The third-order valence-electron chi connectivity index (χ3n) is 10.8. The molecule has 0 radical (unpaired) electrons. The van der Waals surface area contributed by atoms with E-state index < -0.39 is 0 Å². The molecule has 0 unspecified atom stereocenters. The average Bonchev–Trinajstić information content (AvgIpc) is 4.02. The normalized spacial score (nSPS) is 12.0. The van der Waals surface area contributed by atoms with E-state index in [0.717, 1.165) is 72.4 Å². The van der Waals surface area contributed by atoms with Crippen molar-refractivity contribution in [3.8, 4) is 17.1 Å². The second-order valence-corrected chi connectivity index (χ2v) is 15.0. The first-order valence-electron chi connectivity index (χ1n) is 18.4. The summed E-state index contributed by atoms with van der Waals surface area (Å²) in [7, 11) is 0. The van der Waals surface area contributed by atoms with Gasteiger partial charge in [0.25, 0.3) is 0 Å². The van der Waals surface area contributed by atoms with Crippen LogP contribution in [0.15, 0.2) is 185 Å². The second kappa shape index (κ2) is 11.7. The molecule has 4 aromatic heterocycles. The number of thiophene rings is 1.